The molecule has 0 aromatic heterocycles. The summed E-state index contributed by atoms with van der Waals surface area (Å²) in [6, 6.07) is 10.9. The highest BCUT2D eigenvalue weighted by Gasteiger charge is 2.18. The van der Waals surface area contributed by atoms with E-state index in [0.29, 0.717) is 35.1 Å². The van der Waals surface area contributed by atoms with E-state index in [1.807, 2.05) is 25.1 Å². The van der Waals surface area contributed by atoms with Gasteiger partial charge < -0.3 is 19.5 Å². The SMILES string of the molecule is CCOc1cc(C(=O)Nc2cc(C(C)(C)C)ccc2OC)ccc1OC. The minimum atomic E-state index is -0.238. The molecule has 140 valence electrons. The lowest BCUT2D eigenvalue weighted by molar-refractivity contribution is 0.102. The molecule has 0 bridgehead atoms. The summed E-state index contributed by atoms with van der Waals surface area (Å²) >= 11 is 0. The van der Waals surface area contributed by atoms with Crippen LogP contribution in [0.25, 0.3) is 0 Å². The van der Waals surface area contributed by atoms with Crippen molar-refractivity contribution in [3.8, 4) is 17.2 Å². The van der Waals surface area contributed by atoms with Gasteiger partial charge in [0.25, 0.3) is 5.91 Å². The number of methoxy groups -OCH3 is 2. The molecule has 5 nitrogen and oxygen atoms in total. The fourth-order valence-corrected chi connectivity index (χ4v) is 2.55. The Morgan fingerprint density at radius 3 is 2.19 bits per heavy atom. The summed E-state index contributed by atoms with van der Waals surface area (Å²) < 4.78 is 16.2. The third-order valence-corrected chi connectivity index (χ3v) is 4.04. The van der Waals surface area contributed by atoms with Crippen molar-refractivity contribution in [1.29, 1.82) is 0 Å². The maximum Gasteiger partial charge on any atom is 0.255 e. The van der Waals surface area contributed by atoms with E-state index >= 15 is 0 Å². The minimum absolute atomic E-state index is 0.0337. The maximum atomic E-state index is 12.7. The molecule has 0 spiro atoms. The molecular formula is C21H27NO4. The van der Waals surface area contributed by atoms with E-state index in [9.17, 15) is 4.79 Å². The van der Waals surface area contributed by atoms with Gasteiger partial charge in [0.2, 0.25) is 0 Å². The van der Waals surface area contributed by atoms with Crippen molar-refractivity contribution < 1.29 is 19.0 Å². The monoisotopic (exact) mass is 357 g/mol. The third kappa shape index (κ3) is 4.48. The summed E-state index contributed by atoms with van der Waals surface area (Å²) in [6.45, 7) is 8.74. The zero-order valence-electron chi connectivity index (χ0n) is 16.3. The van der Waals surface area contributed by atoms with E-state index in [4.69, 9.17) is 14.2 Å². The van der Waals surface area contributed by atoms with E-state index in [0.717, 1.165) is 5.56 Å². The Labute approximate surface area is 155 Å². The molecule has 0 saturated carbocycles. The number of benzene rings is 2. The average Bonchev–Trinajstić information content (AvgIpc) is 2.61. The topological polar surface area (TPSA) is 56.8 Å². The van der Waals surface area contributed by atoms with Crippen molar-refractivity contribution >= 4 is 11.6 Å². The normalized spacial score (nSPS) is 11.0. The van der Waals surface area contributed by atoms with Gasteiger partial charge in [-0.05, 0) is 48.2 Å². The number of hydrogen-bond donors (Lipinski definition) is 1. The lowest BCUT2D eigenvalue weighted by Gasteiger charge is -2.21. The Morgan fingerprint density at radius 1 is 0.962 bits per heavy atom. The van der Waals surface area contributed by atoms with E-state index in [1.54, 1.807) is 32.4 Å². The fraction of sp³-hybridized carbons (Fsp3) is 0.381. The van der Waals surface area contributed by atoms with Gasteiger partial charge in [0.15, 0.2) is 11.5 Å². The van der Waals surface area contributed by atoms with Gasteiger partial charge in [-0.25, -0.2) is 0 Å². The lowest BCUT2D eigenvalue weighted by Crippen LogP contribution is -2.15. The molecule has 0 fully saturated rings. The molecule has 0 radical (unpaired) electrons. The zero-order chi connectivity index (χ0) is 19.3. The molecule has 2 aromatic rings. The lowest BCUT2D eigenvalue weighted by atomic mass is 9.87. The Morgan fingerprint density at radius 2 is 1.62 bits per heavy atom. The van der Waals surface area contributed by atoms with Crippen LogP contribution in [0, 0.1) is 0 Å². The first kappa shape index (κ1) is 19.6. The van der Waals surface area contributed by atoms with Gasteiger partial charge in [0, 0.05) is 5.56 Å². The van der Waals surface area contributed by atoms with Crippen LogP contribution in [-0.2, 0) is 5.41 Å². The number of hydrogen-bond acceptors (Lipinski definition) is 4. The van der Waals surface area contributed by atoms with Crippen LogP contribution in [0.15, 0.2) is 36.4 Å². The molecule has 0 aliphatic heterocycles. The number of carbonyl (C=O) groups excluding carboxylic acids is 1. The molecule has 0 saturated heterocycles. The average molecular weight is 357 g/mol. The molecule has 0 heterocycles. The van der Waals surface area contributed by atoms with Gasteiger partial charge in [-0.1, -0.05) is 26.8 Å². The van der Waals surface area contributed by atoms with Crippen LogP contribution in [0.2, 0.25) is 0 Å². The molecule has 0 aliphatic rings. The second-order valence-electron chi connectivity index (χ2n) is 6.92. The number of amides is 1. The smallest absolute Gasteiger partial charge is 0.255 e. The summed E-state index contributed by atoms with van der Waals surface area (Å²) in [5.41, 5.74) is 2.20. The maximum absolute atomic E-state index is 12.7. The zero-order valence-corrected chi connectivity index (χ0v) is 16.3. The fourth-order valence-electron chi connectivity index (χ4n) is 2.55. The molecule has 26 heavy (non-hydrogen) atoms. The van der Waals surface area contributed by atoms with Gasteiger partial charge in [-0.15, -0.1) is 0 Å². The van der Waals surface area contributed by atoms with Crippen LogP contribution in [0.4, 0.5) is 5.69 Å². The van der Waals surface area contributed by atoms with E-state index < -0.39 is 0 Å². The largest absolute Gasteiger partial charge is 0.495 e. The number of rotatable bonds is 6. The molecule has 0 unspecified atom stereocenters. The van der Waals surface area contributed by atoms with Gasteiger partial charge >= 0.3 is 0 Å². The van der Waals surface area contributed by atoms with Crippen LogP contribution >= 0.6 is 0 Å². The first-order chi connectivity index (χ1) is 12.3. The number of anilines is 1. The van der Waals surface area contributed by atoms with Gasteiger partial charge in [0.05, 0.1) is 26.5 Å². The molecular weight excluding hydrogens is 330 g/mol. The van der Waals surface area contributed by atoms with E-state index in [-0.39, 0.29) is 11.3 Å². The first-order valence-corrected chi connectivity index (χ1v) is 8.60. The summed E-state index contributed by atoms with van der Waals surface area (Å²) in [4.78, 5) is 12.7. The Balaban J connectivity index is 2.33. The van der Waals surface area contributed by atoms with Gasteiger partial charge in [-0.2, -0.15) is 0 Å². The van der Waals surface area contributed by atoms with Crippen molar-refractivity contribution in [2.75, 3.05) is 26.1 Å². The minimum Gasteiger partial charge on any atom is -0.495 e. The predicted molar refractivity (Wildman–Crippen MR) is 104 cm³/mol. The summed E-state index contributed by atoms with van der Waals surface area (Å²) in [7, 11) is 3.16. The molecule has 5 heteroatoms. The highest BCUT2D eigenvalue weighted by Crippen LogP contribution is 2.32. The van der Waals surface area contributed by atoms with Crippen molar-refractivity contribution in [1.82, 2.24) is 0 Å². The summed E-state index contributed by atoms with van der Waals surface area (Å²) in [6.07, 6.45) is 0. The Hall–Kier alpha value is -2.69. The van der Waals surface area contributed by atoms with Crippen LogP contribution in [0.5, 0.6) is 17.2 Å². The molecule has 1 N–H and O–H groups in total. The van der Waals surface area contributed by atoms with Crippen LogP contribution in [0.3, 0.4) is 0 Å². The van der Waals surface area contributed by atoms with Crippen molar-refractivity contribution in [2.45, 2.75) is 33.1 Å². The summed E-state index contributed by atoms with van der Waals surface area (Å²) in [5, 5.41) is 2.94. The molecule has 1 amide bonds. The highest BCUT2D eigenvalue weighted by atomic mass is 16.5. The van der Waals surface area contributed by atoms with Gasteiger partial charge in [-0.3, -0.25) is 4.79 Å². The van der Waals surface area contributed by atoms with Crippen molar-refractivity contribution in [2.24, 2.45) is 0 Å². The number of carbonyl (C=O) groups is 1. The van der Waals surface area contributed by atoms with Crippen LogP contribution in [-0.4, -0.2) is 26.7 Å². The van der Waals surface area contributed by atoms with Crippen LogP contribution < -0.4 is 19.5 Å². The van der Waals surface area contributed by atoms with Gasteiger partial charge in [0.1, 0.15) is 5.75 Å². The Kier molecular flexibility index (Phi) is 6.14. The first-order valence-electron chi connectivity index (χ1n) is 8.60. The van der Waals surface area contributed by atoms with Crippen molar-refractivity contribution in [3.05, 3.63) is 47.5 Å². The quantitative estimate of drug-likeness (QED) is 0.817. The molecule has 0 aliphatic carbocycles. The molecule has 2 rings (SSSR count). The number of ether oxygens (including phenoxy) is 3. The van der Waals surface area contributed by atoms with Crippen molar-refractivity contribution in [3.63, 3.8) is 0 Å². The standard InChI is InChI=1S/C21H27NO4/c1-7-26-19-12-14(8-10-18(19)25-6)20(23)22-16-13-15(21(2,3)4)9-11-17(16)24-5/h8-13H,7H2,1-6H3,(H,22,23). The summed E-state index contributed by atoms with van der Waals surface area (Å²) in [5.74, 6) is 1.51. The second kappa shape index (κ2) is 8.13. The molecule has 0 atom stereocenters. The highest BCUT2D eigenvalue weighted by molar-refractivity contribution is 6.05. The second-order valence-corrected chi connectivity index (χ2v) is 6.92. The predicted octanol–water partition coefficient (Wildman–Crippen LogP) is 4.65. The van der Waals surface area contributed by atoms with E-state index in [2.05, 4.69) is 26.1 Å². The van der Waals surface area contributed by atoms with E-state index in [1.165, 1.54) is 0 Å². The third-order valence-electron chi connectivity index (χ3n) is 4.04. The Bertz CT molecular complexity index is 778. The number of nitrogens with one attached hydrogen (secondary N) is 1. The molecule has 2 aromatic carbocycles. The van der Waals surface area contributed by atoms with Crippen LogP contribution in [0.1, 0.15) is 43.6 Å².